The van der Waals surface area contributed by atoms with Gasteiger partial charge in [0, 0.05) is 25.0 Å². The molecule has 72 valence electrons. The van der Waals surface area contributed by atoms with Crippen molar-refractivity contribution in [2.75, 3.05) is 6.61 Å². The van der Waals surface area contributed by atoms with Crippen LogP contribution < -0.4 is 5.32 Å². The second kappa shape index (κ2) is 5.67. The van der Waals surface area contributed by atoms with E-state index in [1.807, 2.05) is 18.3 Å². The molecule has 1 heterocycles. The van der Waals surface area contributed by atoms with Gasteiger partial charge in [-0.2, -0.15) is 0 Å². The Bertz CT molecular complexity index is 222. The Morgan fingerprint density at radius 1 is 1.62 bits per heavy atom. The molecule has 0 saturated heterocycles. The SMILES string of the molecule is CCC(CO)NCc1cccnc1. The molecule has 13 heavy (non-hydrogen) atoms. The summed E-state index contributed by atoms with van der Waals surface area (Å²) in [7, 11) is 0. The van der Waals surface area contributed by atoms with Crippen molar-refractivity contribution in [1.29, 1.82) is 0 Å². The van der Waals surface area contributed by atoms with Gasteiger partial charge in [-0.25, -0.2) is 0 Å². The van der Waals surface area contributed by atoms with E-state index in [0.29, 0.717) is 0 Å². The molecule has 0 aliphatic carbocycles. The van der Waals surface area contributed by atoms with Gasteiger partial charge in [0.25, 0.3) is 0 Å². The zero-order valence-electron chi connectivity index (χ0n) is 7.90. The topological polar surface area (TPSA) is 45.1 Å². The lowest BCUT2D eigenvalue weighted by Crippen LogP contribution is -2.31. The maximum atomic E-state index is 8.93. The van der Waals surface area contributed by atoms with Crippen LogP contribution in [0.25, 0.3) is 0 Å². The van der Waals surface area contributed by atoms with Crippen molar-refractivity contribution in [3.05, 3.63) is 30.1 Å². The molecule has 0 amide bonds. The Balaban J connectivity index is 2.34. The number of aliphatic hydroxyl groups excluding tert-OH is 1. The standard InChI is InChI=1S/C10H16N2O/c1-2-10(8-13)12-7-9-4-3-5-11-6-9/h3-6,10,12-13H,2,7-8H2,1H3. The highest BCUT2D eigenvalue weighted by molar-refractivity contribution is 5.07. The van der Waals surface area contributed by atoms with Gasteiger partial charge in [0.05, 0.1) is 6.61 Å². The number of nitrogens with one attached hydrogen (secondary N) is 1. The first-order chi connectivity index (χ1) is 6.36. The van der Waals surface area contributed by atoms with Crippen LogP contribution in [-0.2, 0) is 6.54 Å². The van der Waals surface area contributed by atoms with Crippen molar-refractivity contribution >= 4 is 0 Å². The Labute approximate surface area is 78.8 Å². The number of rotatable bonds is 5. The van der Waals surface area contributed by atoms with E-state index in [0.717, 1.165) is 18.5 Å². The summed E-state index contributed by atoms with van der Waals surface area (Å²) in [5, 5.41) is 12.2. The highest BCUT2D eigenvalue weighted by Crippen LogP contribution is 1.97. The Morgan fingerprint density at radius 2 is 2.46 bits per heavy atom. The molecule has 0 aliphatic heterocycles. The van der Waals surface area contributed by atoms with Crippen LogP contribution >= 0.6 is 0 Å². The lowest BCUT2D eigenvalue weighted by molar-refractivity contribution is 0.238. The number of hydrogen-bond acceptors (Lipinski definition) is 3. The molecular weight excluding hydrogens is 164 g/mol. The molecule has 0 bridgehead atoms. The highest BCUT2D eigenvalue weighted by Gasteiger charge is 2.02. The minimum absolute atomic E-state index is 0.191. The van der Waals surface area contributed by atoms with Crippen LogP contribution in [0.3, 0.4) is 0 Å². The monoisotopic (exact) mass is 180 g/mol. The summed E-state index contributed by atoms with van der Waals surface area (Å²) in [6.07, 6.45) is 4.53. The van der Waals surface area contributed by atoms with Crippen LogP contribution in [0.2, 0.25) is 0 Å². The number of aliphatic hydroxyl groups is 1. The predicted octanol–water partition coefficient (Wildman–Crippen LogP) is 0.942. The fourth-order valence-corrected chi connectivity index (χ4v) is 1.10. The zero-order valence-corrected chi connectivity index (χ0v) is 7.90. The van der Waals surface area contributed by atoms with E-state index in [2.05, 4.69) is 17.2 Å². The molecule has 0 radical (unpaired) electrons. The van der Waals surface area contributed by atoms with Crippen LogP contribution in [0.4, 0.5) is 0 Å². The van der Waals surface area contributed by atoms with E-state index < -0.39 is 0 Å². The molecule has 1 atom stereocenters. The number of hydrogen-bond donors (Lipinski definition) is 2. The van der Waals surface area contributed by atoms with Gasteiger partial charge in [0.2, 0.25) is 0 Å². The molecule has 0 saturated carbocycles. The summed E-state index contributed by atoms with van der Waals surface area (Å²) >= 11 is 0. The van der Waals surface area contributed by atoms with Gasteiger partial charge in [-0.1, -0.05) is 13.0 Å². The molecule has 0 spiro atoms. The number of pyridine rings is 1. The van der Waals surface area contributed by atoms with Crippen LogP contribution in [0.5, 0.6) is 0 Å². The van der Waals surface area contributed by atoms with Crippen molar-refractivity contribution in [3.8, 4) is 0 Å². The Morgan fingerprint density at radius 3 is 3.00 bits per heavy atom. The third-order valence-electron chi connectivity index (χ3n) is 2.03. The number of aromatic nitrogens is 1. The third kappa shape index (κ3) is 3.53. The summed E-state index contributed by atoms with van der Waals surface area (Å²) in [4.78, 5) is 4.01. The van der Waals surface area contributed by atoms with Crippen molar-refractivity contribution in [3.63, 3.8) is 0 Å². The van der Waals surface area contributed by atoms with Crippen molar-refractivity contribution in [2.24, 2.45) is 0 Å². The van der Waals surface area contributed by atoms with Crippen molar-refractivity contribution < 1.29 is 5.11 Å². The zero-order chi connectivity index (χ0) is 9.52. The maximum Gasteiger partial charge on any atom is 0.0584 e. The van der Waals surface area contributed by atoms with Gasteiger partial charge in [-0.3, -0.25) is 4.98 Å². The van der Waals surface area contributed by atoms with E-state index in [9.17, 15) is 0 Å². The minimum atomic E-state index is 0.191. The molecule has 1 aromatic rings. The second-order valence-electron chi connectivity index (χ2n) is 3.03. The first kappa shape index (κ1) is 10.2. The summed E-state index contributed by atoms with van der Waals surface area (Å²) in [5.74, 6) is 0. The average molecular weight is 180 g/mol. The molecular formula is C10H16N2O. The van der Waals surface area contributed by atoms with E-state index in [4.69, 9.17) is 5.11 Å². The molecule has 1 rings (SSSR count). The van der Waals surface area contributed by atoms with E-state index >= 15 is 0 Å². The van der Waals surface area contributed by atoms with Gasteiger partial charge in [-0.15, -0.1) is 0 Å². The van der Waals surface area contributed by atoms with Crippen LogP contribution in [0.15, 0.2) is 24.5 Å². The Hall–Kier alpha value is -0.930. The van der Waals surface area contributed by atoms with Gasteiger partial charge in [0.15, 0.2) is 0 Å². The minimum Gasteiger partial charge on any atom is -0.395 e. The average Bonchev–Trinajstić information content (AvgIpc) is 2.21. The van der Waals surface area contributed by atoms with Gasteiger partial charge in [-0.05, 0) is 18.1 Å². The van der Waals surface area contributed by atoms with Gasteiger partial charge < -0.3 is 10.4 Å². The van der Waals surface area contributed by atoms with Crippen LogP contribution in [-0.4, -0.2) is 22.7 Å². The molecule has 0 fully saturated rings. The summed E-state index contributed by atoms with van der Waals surface area (Å²) in [5.41, 5.74) is 1.15. The first-order valence-corrected chi connectivity index (χ1v) is 4.60. The predicted molar refractivity (Wildman–Crippen MR) is 52.2 cm³/mol. The van der Waals surface area contributed by atoms with Crippen molar-refractivity contribution in [2.45, 2.75) is 25.9 Å². The smallest absolute Gasteiger partial charge is 0.0584 e. The lowest BCUT2D eigenvalue weighted by atomic mass is 10.2. The molecule has 3 nitrogen and oxygen atoms in total. The van der Waals surface area contributed by atoms with E-state index in [-0.39, 0.29) is 12.6 Å². The first-order valence-electron chi connectivity index (χ1n) is 4.60. The fourth-order valence-electron chi connectivity index (χ4n) is 1.10. The molecule has 0 aliphatic rings. The molecule has 2 N–H and O–H groups in total. The van der Waals surface area contributed by atoms with Gasteiger partial charge >= 0.3 is 0 Å². The molecule has 0 aromatic carbocycles. The van der Waals surface area contributed by atoms with E-state index in [1.165, 1.54) is 0 Å². The van der Waals surface area contributed by atoms with Crippen molar-refractivity contribution in [1.82, 2.24) is 10.3 Å². The fraction of sp³-hybridized carbons (Fsp3) is 0.500. The number of nitrogens with zero attached hydrogens (tertiary/aromatic N) is 1. The second-order valence-corrected chi connectivity index (χ2v) is 3.03. The van der Waals surface area contributed by atoms with E-state index in [1.54, 1.807) is 6.20 Å². The quantitative estimate of drug-likeness (QED) is 0.709. The molecule has 1 aromatic heterocycles. The normalized spacial score (nSPS) is 12.8. The van der Waals surface area contributed by atoms with Crippen LogP contribution in [0.1, 0.15) is 18.9 Å². The summed E-state index contributed by atoms with van der Waals surface area (Å²) < 4.78 is 0. The van der Waals surface area contributed by atoms with Gasteiger partial charge in [0.1, 0.15) is 0 Å². The lowest BCUT2D eigenvalue weighted by Gasteiger charge is -2.13. The Kier molecular flexibility index (Phi) is 4.43. The molecule has 3 heteroatoms. The largest absolute Gasteiger partial charge is 0.395 e. The van der Waals surface area contributed by atoms with Crippen LogP contribution in [0, 0.1) is 0 Å². The maximum absolute atomic E-state index is 8.93. The summed E-state index contributed by atoms with van der Waals surface area (Å²) in [6.45, 7) is 3.01. The summed E-state index contributed by atoms with van der Waals surface area (Å²) in [6, 6.07) is 4.13. The third-order valence-corrected chi connectivity index (χ3v) is 2.03. The molecule has 1 unspecified atom stereocenters. The highest BCUT2D eigenvalue weighted by atomic mass is 16.3.